The van der Waals surface area contributed by atoms with Gasteiger partial charge in [-0.1, -0.05) is 25.5 Å². The predicted molar refractivity (Wildman–Crippen MR) is 89.8 cm³/mol. The molecule has 6 atom stereocenters. The number of allylic oxidation sites excluding steroid dienone is 2. The summed E-state index contributed by atoms with van der Waals surface area (Å²) in [5.41, 5.74) is 1.54. The Balaban J connectivity index is 1.80. The standard InChI is InChI=1S/C20H30O3/c1-12(2)6-5-7-13(3)15-11-17-19-14(10-18(22)23-17)16(21)8-9-20(15,19)4/h6,13-15,17,19H,5,7-11H2,1-4H3/t13-,14-,15-,17+,19?,20-/m1/s1. The van der Waals surface area contributed by atoms with Gasteiger partial charge in [0.25, 0.3) is 0 Å². The van der Waals surface area contributed by atoms with E-state index in [4.69, 9.17) is 4.74 Å². The Bertz CT molecular complexity index is 531. The lowest BCUT2D eigenvalue weighted by Crippen LogP contribution is -2.49. The molecule has 3 fully saturated rings. The van der Waals surface area contributed by atoms with E-state index >= 15 is 0 Å². The molecule has 0 N–H and O–H groups in total. The quantitative estimate of drug-likeness (QED) is 0.573. The van der Waals surface area contributed by atoms with Crippen LogP contribution in [0.1, 0.15) is 66.2 Å². The fourth-order valence-electron chi connectivity index (χ4n) is 5.66. The van der Waals surface area contributed by atoms with Crippen molar-refractivity contribution in [2.24, 2.45) is 29.1 Å². The van der Waals surface area contributed by atoms with Gasteiger partial charge in [-0.25, -0.2) is 0 Å². The smallest absolute Gasteiger partial charge is 0.306 e. The van der Waals surface area contributed by atoms with Crippen LogP contribution in [0, 0.1) is 29.1 Å². The van der Waals surface area contributed by atoms with E-state index in [1.165, 1.54) is 12.0 Å². The van der Waals surface area contributed by atoms with Gasteiger partial charge in [-0.3, -0.25) is 9.59 Å². The Morgan fingerprint density at radius 3 is 2.83 bits per heavy atom. The van der Waals surface area contributed by atoms with Crippen LogP contribution in [0.15, 0.2) is 11.6 Å². The molecule has 1 aliphatic heterocycles. The van der Waals surface area contributed by atoms with Gasteiger partial charge in [0.1, 0.15) is 11.9 Å². The Labute approximate surface area is 139 Å². The Hall–Kier alpha value is -1.12. The molecular formula is C20H30O3. The van der Waals surface area contributed by atoms with Gasteiger partial charge in [-0.15, -0.1) is 0 Å². The molecule has 1 saturated heterocycles. The maximum Gasteiger partial charge on any atom is 0.306 e. The second kappa shape index (κ2) is 6.07. The van der Waals surface area contributed by atoms with Gasteiger partial charge in [0.05, 0.1) is 6.42 Å². The highest BCUT2D eigenvalue weighted by molar-refractivity contribution is 5.87. The molecule has 0 aromatic carbocycles. The lowest BCUT2D eigenvalue weighted by atomic mass is 9.57. The lowest BCUT2D eigenvalue weighted by molar-refractivity contribution is -0.171. The summed E-state index contributed by atoms with van der Waals surface area (Å²) in [6.07, 6.45) is 7.47. The highest BCUT2D eigenvalue weighted by atomic mass is 16.5. The highest BCUT2D eigenvalue weighted by Gasteiger charge is 2.62. The zero-order valence-electron chi connectivity index (χ0n) is 14.9. The molecule has 3 aliphatic rings. The van der Waals surface area contributed by atoms with Crippen LogP contribution in [0.2, 0.25) is 0 Å². The van der Waals surface area contributed by atoms with E-state index in [1.807, 2.05) is 0 Å². The van der Waals surface area contributed by atoms with Crippen LogP contribution < -0.4 is 0 Å². The minimum absolute atomic E-state index is 0.0218. The summed E-state index contributed by atoms with van der Waals surface area (Å²) in [7, 11) is 0. The minimum atomic E-state index is -0.160. The third-order valence-electron chi connectivity index (χ3n) is 6.78. The van der Waals surface area contributed by atoms with E-state index in [0.717, 1.165) is 19.3 Å². The van der Waals surface area contributed by atoms with Gasteiger partial charge in [0, 0.05) is 18.3 Å². The zero-order valence-corrected chi connectivity index (χ0v) is 14.9. The van der Waals surface area contributed by atoms with E-state index in [-0.39, 0.29) is 29.3 Å². The lowest BCUT2D eigenvalue weighted by Gasteiger charge is -2.47. The Morgan fingerprint density at radius 1 is 1.39 bits per heavy atom. The minimum Gasteiger partial charge on any atom is -0.462 e. The van der Waals surface area contributed by atoms with E-state index < -0.39 is 0 Å². The molecule has 2 saturated carbocycles. The number of carbonyl (C=O) groups is 2. The van der Waals surface area contributed by atoms with Crippen molar-refractivity contribution in [3.05, 3.63) is 11.6 Å². The van der Waals surface area contributed by atoms with Gasteiger partial charge in [0.2, 0.25) is 0 Å². The van der Waals surface area contributed by atoms with Gasteiger partial charge in [-0.05, 0) is 56.8 Å². The van der Waals surface area contributed by atoms with Crippen LogP contribution in [-0.2, 0) is 14.3 Å². The molecular weight excluding hydrogens is 288 g/mol. The summed E-state index contributed by atoms with van der Waals surface area (Å²) in [6.45, 7) is 9.00. The molecule has 23 heavy (non-hydrogen) atoms. The monoisotopic (exact) mass is 318 g/mol. The van der Waals surface area contributed by atoms with Crippen LogP contribution in [0.3, 0.4) is 0 Å². The van der Waals surface area contributed by atoms with E-state index in [9.17, 15) is 9.59 Å². The number of rotatable bonds is 4. The molecule has 0 aromatic heterocycles. The Kier molecular flexibility index (Phi) is 4.41. The second-order valence-corrected chi connectivity index (χ2v) is 8.52. The van der Waals surface area contributed by atoms with Crippen molar-refractivity contribution >= 4 is 11.8 Å². The van der Waals surface area contributed by atoms with Gasteiger partial charge in [-0.2, -0.15) is 0 Å². The summed E-state index contributed by atoms with van der Waals surface area (Å²) < 4.78 is 5.68. The molecule has 128 valence electrons. The number of Topliss-reactive ketones (excluding diaryl/α,β-unsaturated/α-hetero) is 1. The van der Waals surface area contributed by atoms with Gasteiger partial charge in [0.15, 0.2) is 0 Å². The van der Waals surface area contributed by atoms with Crippen molar-refractivity contribution < 1.29 is 14.3 Å². The highest BCUT2D eigenvalue weighted by Crippen LogP contribution is 2.61. The first kappa shape index (κ1) is 16.7. The topological polar surface area (TPSA) is 43.4 Å². The molecule has 1 unspecified atom stereocenters. The van der Waals surface area contributed by atoms with E-state index in [0.29, 0.717) is 30.5 Å². The fraction of sp³-hybridized carbons (Fsp3) is 0.800. The molecule has 0 aromatic rings. The molecule has 0 amide bonds. The zero-order chi connectivity index (χ0) is 16.8. The average molecular weight is 318 g/mol. The second-order valence-electron chi connectivity index (χ2n) is 8.52. The van der Waals surface area contributed by atoms with Crippen LogP contribution in [-0.4, -0.2) is 17.9 Å². The summed E-state index contributed by atoms with van der Waals surface area (Å²) in [5.74, 6) is 1.49. The van der Waals surface area contributed by atoms with Crippen molar-refractivity contribution in [2.75, 3.05) is 0 Å². The van der Waals surface area contributed by atoms with Gasteiger partial charge >= 0.3 is 5.97 Å². The van der Waals surface area contributed by atoms with Crippen LogP contribution in [0.4, 0.5) is 0 Å². The SMILES string of the molecule is CC(C)=CCC[C@@H](C)[C@H]1C[C@@H]2OC(=O)C[C@@H]3C(=O)CC[C@@]1(C)C23. The average Bonchev–Trinajstić information content (AvgIpc) is 2.76. The molecule has 3 heteroatoms. The largest absolute Gasteiger partial charge is 0.462 e. The summed E-state index contributed by atoms with van der Waals surface area (Å²) in [4.78, 5) is 24.2. The maximum atomic E-state index is 12.3. The van der Waals surface area contributed by atoms with E-state index in [2.05, 4.69) is 33.8 Å². The number of esters is 1. The Morgan fingerprint density at radius 2 is 2.13 bits per heavy atom. The van der Waals surface area contributed by atoms with Crippen molar-refractivity contribution in [1.82, 2.24) is 0 Å². The maximum absolute atomic E-state index is 12.3. The number of hydrogen-bond donors (Lipinski definition) is 0. The van der Waals surface area contributed by atoms with Crippen LogP contribution in [0.5, 0.6) is 0 Å². The normalized spacial score (nSPS) is 40.3. The third kappa shape index (κ3) is 2.88. The summed E-state index contributed by atoms with van der Waals surface area (Å²) in [6, 6.07) is 0. The van der Waals surface area contributed by atoms with Crippen molar-refractivity contribution in [3.8, 4) is 0 Å². The number of carbonyl (C=O) groups excluding carboxylic acids is 2. The predicted octanol–water partition coefficient (Wildman–Crippen LogP) is 4.31. The molecule has 1 heterocycles. The van der Waals surface area contributed by atoms with Crippen molar-refractivity contribution in [1.29, 1.82) is 0 Å². The van der Waals surface area contributed by atoms with Crippen molar-refractivity contribution in [3.63, 3.8) is 0 Å². The first-order valence-corrected chi connectivity index (χ1v) is 9.18. The number of ketones is 1. The molecule has 3 nitrogen and oxygen atoms in total. The van der Waals surface area contributed by atoms with Crippen LogP contribution in [0.25, 0.3) is 0 Å². The third-order valence-corrected chi connectivity index (χ3v) is 6.78. The summed E-state index contributed by atoms with van der Waals surface area (Å²) >= 11 is 0. The molecule has 0 spiro atoms. The fourth-order valence-corrected chi connectivity index (χ4v) is 5.66. The number of ether oxygens (including phenoxy) is 1. The molecule has 0 bridgehead atoms. The number of hydrogen-bond acceptors (Lipinski definition) is 3. The van der Waals surface area contributed by atoms with Crippen LogP contribution >= 0.6 is 0 Å². The first-order valence-electron chi connectivity index (χ1n) is 9.18. The summed E-state index contributed by atoms with van der Waals surface area (Å²) in [5, 5.41) is 0. The van der Waals surface area contributed by atoms with Crippen molar-refractivity contribution in [2.45, 2.75) is 72.3 Å². The first-order chi connectivity index (χ1) is 10.8. The molecule has 0 radical (unpaired) electrons. The molecule has 2 aliphatic carbocycles. The van der Waals surface area contributed by atoms with E-state index in [1.54, 1.807) is 0 Å². The molecule has 3 rings (SSSR count). The van der Waals surface area contributed by atoms with Gasteiger partial charge < -0.3 is 4.74 Å².